The van der Waals surface area contributed by atoms with Crippen molar-refractivity contribution in [1.29, 1.82) is 0 Å². The SMILES string of the molecule is COCCN1C(C)=C(N2CCOCC2)SC1C(N)=O. The molecule has 0 aromatic heterocycles. The van der Waals surface area contributed by atoms with E-state index in [1.165, 1.54) is 11.8 Å². The molecule has 6 nitrogen and oxygen atoms in total. The largest absolute Gasteiger partial charge is 0.383 e. The van der Waals surface area contributed by atoms with Crippen molar-refractivity contribution >= 4 is 17.7 Å². The van der Waals surface area contributed by atoms with E-state index in [0.29, 0.717) is 13.2 Å². The van der Waals surface area contributed by atoms with E-state index < -0.39 is 0 Å². The van der Waals surface area contributed by atoms with E-state index in [1.54, 1.807) is 7.11 Å². The Bertz CT molecular complexity index is 369. The van der Waals surface area contributed by atoms with Gasteiger partial charge in [0.15, 0.2) is 5.37 Å². The van der Waals surface area contributed by atoms with Crippen molar-refractivity contribution in [2.75, 3.05) is 46.6 Å². The summed E-state index contributed by atoms with van der Waals surface area (Å²) in [5.74, 6) is -0.302. The number of nitrogens with zero attached hydrogens (tertiary/aromatic N) is 2. The van der Waals surface area contributed by atoms with Crippen LogP contribution in [-0.4, -0.2) is 67.6 Å². The maximum absolute atomic E-state index is 11.6. The van der Waals surface area contributed by atoms with Crippen molar-refractivity contribution in [3.05, 3.63) is 10.7 Å². The van der Waals surface area contributed by atoms with Gasteiger partial charge in [-0.25, -0.2) is 0 Å². The maximum Gasteiger partial charge on any atom is 0.251 e. The van der Waals surface area contributed by atoms with Crippen LogP contribution >= 0.6 is 11.8 Å². The van der Waals surface area contributed by atoms with Crippen LogP contribution < -0.4 is 5.73 Å². The second kappa shape index (κ2) is 6.49. The van der Waals surface area contributed by atoms with Crippen molar-refractivity contribution < 1.29 is 14.3 Å². The molecule has 1 unspecified atom stereocenters. The van der Waals surface area contributed by atoms with Crippen LogP contribution in [0.2, 0.25) is 0 Å². The molecule has 2 N–H and O–H groups in total. The molecule has 0 spiro atoms. The van der Waals surface area contributed by atoms with Crippen LogP contribution in [0.15, 0.2) is 10.7 Å². The highest BCUT2D eigenvalue weighted by molar-refractivity contribution is 8.04. The van der Waals surface area contributed by atoms with Gasteiger partial charge in [-0.2, -0.15) is 0 Å². The van der Waals surface area contributed by atoms with Gasteiger partial charge in [-0.15, -0.1) is 0 Å². The van der Waals surface area contributed by atoms with Gasteiger partial charge < -0.3 is 25.0 Å². The van der Waals surface area contributed by atoms with Gasteiger partial charge in [0, 0.05) is 32.4 Å². The Labute approximate surface area is 117 Å². The maximum atomic E-state index is 11.6. The molecule has 19 heavy (non-hydrogen) atoms. The van der Waals surface area contributed by atoms with Crippen LogP contribution in [0.25, 0.3) is 0 Å². The molecule has 0 aromatic rings. The molecule has 2 rings (SSSR count). The zero-order valence-corrected chi connectivity index (χ0v) is 12.2. The van der Waals surface area contributed by atoms with E-state index in [4.69, 9.17) is 15.2 Å². The fraction of sp³-hybridized carbons (Fsp3) is 0.750. The fourth-order valence-corrected chi connectivity index (χ4v) is 3.65. The molecule has 1 fully saturated rings. The Hall–Kier alpha value is -0.920. The minimum atomic E-state index is -0.326. The lowest BCUT2D eigenvalue weighted by Crippen LogP contribution is -2.40. The average Bonchev–Trinajstić information content (AvgIpc) is 2.75. The van der Waals surface area contributed by atoms with Crippen LogP contribution in [0.5, 0.6) is 0 Å². The van der Waals surface area contributed by atoms with Gasteiger partial charge in [0.1, 0.15) is 0 Å². The first-order valence-electron chi connectivity index (χ1n) is 6.40. The van der Waals surface area contributed by atoms with Crippen molar-refractivity contribution in [2.24, 2.45) is 5.73 Å². The highest BCUT2D eigenvalue weighted by Gasteiger charge is 2.36. The predicted molar refractivity (Wildman–Crippen MR) is 74.2 cm³/mol. The van der Waals surface area contributed by atoms with Crippen LogP contribution in [0.3, 0.4) is 0 Å². The minimum Gasteiger partial charge on any atom is -0.383 e. The summed E-state index contributed by atoms with van der Waals surface area (Å²) >= 11 is 1.54. The number of amides is 1. The summed E-state index contributed by atoms with van der Waals surface area (Å²) in [6.07, 6.45) is 0. The number of methoxy groups -OCH3 is 1. The third-order valence-corrected chi connectivity index (χ3v) is 4.81. The topological polar surface area (TPSA) is 68.0 Å². The van der Waals surface area contributed by atoms with E-state index in [9.17, 15) is 4.79 Å². The third-order valence-electron chi connectivity index (χ3n) is 3.32. The van der Waals surface area contributed by atoms with Gasteiger partial charge in [0.2, 0.25) is 0 Å². The molecule has 2 heterocycles. The first kappa shape index (κ1) is 14.5. The molecule has 1 atom stereocenters. The molecule has 0 saturated carbocycles. The monoisotopic (exact) mass is 287 g/mol. The second-order valence-electron chi connectivity index (χ2n) is 4.55. The van der Waals surface area contributed by atoms with Gasteiger partial charge in [0.25, 0.3) is 5.91 Å². The lowest BCUT2D eigenvalue weighted by molar-refractivity contribution is -0.119. The molecule has 1 saturated heterocycles. The summed E-state index contributed by atoms with van der Waals surface area (Å²) in [6.45, 7) is 6.49. The second-order valence-corrected chi connectivity index (χ2v) is 5.62. The number of morpholine rings is 1. The van der Waals surface area contributed by atoms with Gasteiger partial charge in [-0.3, -0.25) is 4.79 Å². The number of rotatable bonds is 5. The van der Waals surface area contributed by atoms with Crippen LogP contribution in [0.4, 0.5) is 0 Å². The molecule has 1 amide bonds. The van der Waals surface area contributed by atoms with Gasteiger partial charge in [-0.05, 0) is 6.92 Å². The summed E-state index contributed by atoms with van der Waals surface area (Å²) < 4.78 is 10.5. The zero-order chi connectivity index (χ0) is 13.8. The lowest BCUT2D eigenvalue weighted by atomic mass is 10.3. The van der Waals surface area contributed by atoms with E-state index in [-0.39, 0.29) is 11.3 Å². The number of thioether (sulfide) groups is 1. The molecule has 0 bridgehead atoms. The molecule has 2 aliphatic rings. The quantitative estimate of drug-likeness (QED) is 0.768. The van der Waals surface area contributed by atoms with Crippen molar-refractivity contribution in [2.45, 2.75) is 12.3 Å². The number of hydrogen-bond acceptors (Lipinski definition) is 6. The predicted octanol–water partition coefficient (Wildman–Crippen LogP) is 0.0142. The van der Waals surface area contributed by atoms with Crippen LogP contribution in [-0.2, 0) is 14.3 Å². The Balaban J connectivity index is 2.12. The van der Waals surface area contributed by atoms with Crippen molar-refractivity contribution in [3.63, 3.8) is 0 Å². The Kier molecular flexibility index (Phi) is 4.95. The first-order chi connectivity index (χ1) is 9.15. The number of carbonyl (C=O) groups excluding carboxylic acids is 1. The molecule has 7 heteroatoms. The summed E-state index contributed by atoms with van der Waals surface area (Å²) in [4.78, 5) is 15.9. The van der Waals surface area contributed by atoms with Crippen molar-refractivity contribution in [3.8, 4) is 0 Å². The lowest BCUT2D eigenvalue weighted by Gasteiger charge is -2.29. The summed E-state index contributed by atoms with van der Waals surface area (Å²) in [6, 6.07) is 0. The van der Waals surface area contributed by atoms with Gasteiger partial charge >= 0.3 is 0 Å². The summed E-state index contributed by atoms with van der Waals surface area (Å²) in [5.41, 5.74) is 6.61. The summed E-state index contributed by atoms with van der Waals surface area (Å²) in [7, 11) is 1.66. The Morgan fingerprint density at radius 3 is 2.79 bits per heavy atom. The van der Waals surface area contributed by atoms with Gasteiger partial charge in [0.05, 0.1) is 24.8 Å². The molecule has 0 radical (unpaired) electrons. The molecular formula is C12H21N3O3S. The van der Waals surface area contributed by atoms with E-state index in [2.05, 4.69) is 4.90 Å². The number of hydrogen-bond donors (Lipinski definition) is 1. The van der Waals surface area contributed by atoms with E-state index in [0.717, 1.165) is 37.0 Å². The molecule has 0 aliphatic carbocycles. The average molecular weight is 287 g/mol. The van der Waals surface area contributed by atoms with Crippen LogP contribution in [0, 0.1) is 0 Å². The summed E-state index contributed by atoms with van der Waals surface area (Å²) in [5, 5.41) is 0.816. The number of ether oxygens (including phenoxy) is 2. The first-order valence-corrected chi connectivity index (χ1v) is 7.28. The number of carbonyl (C=O) groups is 1. The molecule has 2 aliphatic heterocycles. The fourth-order valence-electron chi connectivity index (χ4n) is 2.31. The standard InChI is InChI=1S/C12H21N3O3S/c1-9-11(14-3-7-18-8-4-14)19-12(10(13)16)15(9)5-6-17-2/h12H,3-8H2,1-2H3,(H2,13,16). The van der Waals surface area contributed by atoms with E-state index in [1.807, 2.05) is 11.8 Å². The molecule has 0 aromatic carbocycles. The normalized spacial score (nSPS) is 24.2. The minimum absolute atomic E-state index is 0.302. The van der Waals surface area contributed by atoms with Gasteiger partial charge in [-0.1, -0.05) is 11.8 Å². The third kappa shape index (κ3) is 3.16. The number of allylic oxidation sites excluding steroid dienone is 1. The molecular weight excluding hydrogens is 266 g/mol. The number of nitrogens with two attached hydrogens (primary N) is 1. The van der Waals surface area contributed by atoms with Crippen molar-refractivity contribution in [1.82, 2.24) is 9.80 Å². The van der Waals surface area contributed by atoms with Crippen LogP contribution in [0.1, 0.15) is 6.92 Å². The smallest absolute Gasteiger partial charge is 0.251 e. The Morgan fingerprint density at radius 2 is 2.21 bits per heavy atom. The highest BCUT2D eigenvalue weighted by Crippen LogP contribution is 2.39. The number of primary amides is 1. The highest BCUT2D eigenvalue weighted by atomic mass is 32.2. The van der Waals surface area contributed by atoms with E-state index >= 15 is 0 Å². The molecule has 108 valence electrons. The zero-order valence-electron chi connectivity index (χ0n) is 11.4. The Morgan fingerprint density at radius 1 is 1.53 bits per heavy atom.